The lowest BCUT2D eigenvalue weighted by Crippen LogP contribution is -2.19. The minimum atomic E-state index is 0.791. The van der Waals surface area contributed by atoms with Crippen LogP contribution in [-0.2, 0) is 6.54 Å². The normalized spacial score (nSPS) is 16.2. The van der Waals surface area contributed by atoms with E-state index in [9.17, 15) is 0 Å². The molecule has 0 bridgehead atoms. The largest absolute Gasteiger partial charge is 0.316 e. The zero-order chi connectivity index (χ0) is 14.9. The van der Waals surface area contributed by atoms with E-state index in [-0.39, 0.29) is 0 Å². The number of nitrogens with one attached hydrogen (secondary N) is 1. The van der Waals surface area contributed by atoms with E-state index in [1.807, 2.05) is 31.4 Å². The van der Waals surface area contributed by atoms with Crippen LogP contribution < -0.4 is 5.32 Å². The second-order valence-corrected chi connectivity index (χ2v) is 5.88. The maximum absolute atomic E-state index is 4.61. The molecule has 0 radical (unpaired) electrons. The van der Waals surface area contributed by atoms with Gasteiger partial charge in [-0.3, -0.25) is 5.01 Å². The lowest BCUT2D eigenvalue weighted by Gasteiger charge is -2.22. The van der Waals surface area contributed by atoms with E-state index in [1.54, 1.807) is 0 Å². The van der Waals surface area contributed by atoms with E-state index < -0.39 is 0 Å². The molecule has 0 fully saturated rings. The zero-order valence-electron chi connectivity index (χ0n) is 12.4. The van der Waals surface area contributed by atoms with E-state index in [4.69, 9.17) is 0 Å². The quantitative estimate of drug-likeness (QED) is 0.641. The zero-order valence-corrected chi connectivity index (χ0v) is 14.0. The van der Waals surface area contributed by atoms with Crippen LogP contribution in [0.3, 0.4) is 0 Å². The maximum Gasteiger partial charge on any atom is 0.0662 e. The van der Waals surface area contributed by atoms with Gasteiger partial charge < -0.3 is 5.32 Å². The Morgan fingerprint density at radius 1 is 1.38 bits per heavy atom. The summed E-state index contributed by atoms with van der Waals surface area (Å²) in [5, 5.41) is 10.1. The maximum atomic E-state index is 4.61. The third-order valence-electron chi connectivity index (χ3n) is 3.30. The number of hydrazone groups is 1. The van der Waals surface area contributed by atoms with Crippen molar-refractivity contribution in [2.45, 2.75) is 26.3 Å². The molecule has 112 valence electrons. The molecule has 3 nitrogen and oxygen atoms in total. The third kappa shape index (κ3) is 5.48. The Morgan fingerprint density at radius 2 is 2.29 bits per heavy atom. The summed E-state index contributed by atoms with van der Waals surface area (Å²) in [7, 11) is 0. The Balaban J connectivity index is 2.16. The number of benzene rings is 1. The predicted molar refractivity (Wildman–Crippen MR) is 93.2 cm³/mol. The summed E-state index contributed by atoms with van der Waals surface area (Å²) in [4.78, 5) is 0. The highest BCUT2D eigenvalue weighted by Crippen LogP contribution is 2.19. The molecule has 1 N–H and O–H groups in total. The van der Waals surface area contributed by atoms with Crippen molar-refractivity contribution in [2.75, 3.05) is 13.1 Å². The Kier molecular flexibility index (Phi) is 6.70. The van der Waals surface area contributed by atoms with Crippen LogP contribution in [0.15, 0.2) is 57.8 Å². The molecule has 0 amide bonds. The highest BCUT2D eigenvalue weighted by molar-refractivity contribution is 9.10. The standard InChI is InChI=1S/C17H22BrN3/c1-2-3-11-20-21(17-8-5-10-19-12-9-17)14-15-6-4-7-16(18)13-15/h2-4,6-8,11,13,19H,5,9-10,12,14H2,1H3/b3-2+,20-11+. The van der Waals surface area contributed by atoms with Crippen LogP contribution in [0.2, 0.25) is 0 Å². The molecule has 0 unspecified atom stereocenters. The Hall–Kier alpha value is -1.39. The van der Waals surface area contributed by atoms with Gasteiger partial charge in [-0.15, -0.1) is 0 Å². The van der Waals surface area contributed by atoms with Crippen molar-refractivity contribution < 1.29 is 0 Å². The van der Waals surface area contributed by atoms with Crippen LogP contribution in [0, 0.1) is 0 Å². The van der Waals surface area contributed by atoms with E-state index in [2.05, 4.69) is 55.6 Å². The summed E-state index contributed by atoms with van der Waals surface area (Å²) >= 11 is 3.53. The number of hydrogen-bond donors (Lipinski definition) is 1. The fraction of sp³-hybridized carbons (Fsp3) is 0.353. The number of halogens is 1. The van der Waals surface area contributed by atoms with Gasteiger partial charge in [0.2, 0.25) is 0 Å². The first kappa shape index (κ1) is 16.0. The van der Waals surface area contributed by atoms with E-state index in [0.717, 1.165) is 36.9 Å². The molecule has 0 spiro atoms. The van der Waals surface area contributed by atoms with Gasteiger partial charge >= 0.3 is 0 Å². The Bertz CT molecular complexity index is 535. The van der Waals surface area contributed by atoms with Crippen LogP contribution in [-0.4, -0.2) is 24.3 Å². The monoisotopic (exact) mass is 347 g/mol. The average molecular weight is 348 g/mol. The van der Waals surface area contributed by atoms with Gasteiger partial charge in [-0.05, 0) is 43.7 Å². The molecule has 2 rings (SSSR count). The summed E-state index contributed by atoms with van der Waals surface area (Å²) in [6, 6.07) is 8.40. The number of nitrogens with zero attached hydrogens (tertiary/aromatic N) is 2. The van der Waals surface area contributed by atoms with Gasteiger partial charge in [-0.2, -0.15) is 5.10 Å². The minimum absolute atomic E-state index is 0.791. The second kappa shape index (κ2) is 8.80. The molecule has 1 aromatic carbocycles. The van der Waals surface area contributed by atoms with Crippen molar-refractivity contribution in [1.82, 2.24) is 10.3 Å². The molecule has 0 atom stereocenters. The topological polar surface area (TPSA) is 27.6 Å². The lowest BCUT2D eigenvalue weighted by molar-refractivity contribution is 0.345. The van der Waals surface area contributed by atoms with Gasteiger partial charge in [0.05, 0.1) is 6.54 Å². The molecular formula is C17H22BrN3. The summed E-state index contributed by atoms with van der Waals surface area (Å²) in [6.45, 7) is 4.85. The summed E-state index contributed by atoms with van der Waals surface area (Å²) in [5.74, 6) is 0. The van der Waals surface area contributed by atoms with Crippen molar-refractivity contribution in [2.24, 2.45) is 5.10 Å². The molecule has 0 saturated heterocycles. The highest BCUT2D eigenvalue weighted by Gasteiger charge is 2.11. The van der Waals surface area contributed by atoms with Crippen LogP contribution >= 0.6 is 15.9 Å². The van der Waals surface area contributed by atoms with Gasteiger partial charge in [0.15, 0.2) is 0 Å². The van der Waals surface area contributed by atoms with Gasteiger partial charge in [0.1, 0.15) is 0 Å². The fourth-order valence-corrected chi connectivity index (χ4v) is 2.70. The molecule has 0 aliphatic carbocycles. The molecule has 21 heavy (non-hydrogen) atoms. The number of hydrogen-bond acceptors (Lipinski definition) is 3. The van der Waals surface area contributed by atoms with Crippen LogP contribution in [0.5, 0.6) is 0 Å². The van der Waals surface area contributed by atoms with Gasteiger partial charge in [-0.25, -0.2) is 0 Å². The van der Waals surface area contributed by atoms with Crippen molar-refractivity contribution >= 4 is 22.1 Å². The lowest BCUT2D eigenvalue weighted by atomic mass is 10.2. The van der Waals surface area contributed by atoms with Crippen LogP contribution in [0.4, 0.5) is 0 Å². The van der Waals surface area contributed by atoms with Gasteiger partial charge in [0.25, 0.3) is 0 Å². The van der Waals surface area contributed by atoms with Gasteiger partial charge in [-0.1, -0.05) is 40.2 Å². The summed E-state index contributed by atoms with van der Waals surface area (Å²) in [6.07, 6.45) is 10.2. The van der Waals surface area contributed by atoms with E-state index in [0.29, 0.717) is 0 Å². The molecule has 1 aliphatic rings. The van der Waals surface area contributed by atoms with E-state index in [1.165, 1.54) is 11.3 Å². The Labute approximate surface area is 135 Å². The number of rotatable bonds is 5. The van der Waals surface area contributed by atoms with Crippen molar-refractivity contribution in [3.05, 3.63) is 58.2 Å². The smallest absolute Gasteiger partial charge is 0.0662 e. The van der Waals surface area contributed by atoms with Crippen molar-refractivity contribution in [3.8, 4) is 0 Å². The summed E-state index contributed by atoms with van der Waals surface area (Å²) in [5.41, 5.74) is 2.54. The molecule has 0 saturated carbocycles. The SMILES string of the molecule is C/C=C/C=N/N(Cc1cccc(Br)c1)C1=CCCNCC1. The van der Waals surface area contributed by atoms with Crippen molar-refractivity contribution in [1.29, 1.82) is 0 Å². The minimum Gasteiger partial charge on any atom is -0.316 e. The third-order valence-corrected chi connectivity index (χ3v) is 3.79. The average Bonchev–Trinajstić information content (AvgIpc) is 2.75. The molecular weight excluding hydrogens is 326 g/mol. The predicted octanol–water partition coefficient (Wildman–Crippen LogP) is 4.08. The Morgan fingerprint density at radius 3 is 3.10 bits per heavy atom. The molecule has 1 heterocycles. The molecule has 4 heteroatoms. The molecule has 1 aliphatic heterocycles. The van der Waals surface area contributed by atoms with Crippen LogP contribution in [0.1, 0.15) is 25.3 Å². The first-order valence-electron chi connectivity index (χ1n) is 7.36. The second-order valence-electron chi connectivity index (χ2n) is 4.96. The molecule has 1 aromatic rings. The molecule has 0 aromatic heterocycles. The van der Waals surface area contributed by atoms with Crippen LogP contribution in [0.25, 0.3) is 0 Å². The number of allylic oxidation sites excluding steroid dienone is 2. The first-order valence-corrected chi connectivity index (χ1v) is 8.16. The van der Waals surface area contributed by atoms with Gasteiger partial charge in [0, 0.05) is 29.3 Å². The van der Waals surface area contributed by atoms with Crippen molar-refractivity contribution in [3.63, 3.8) is 0 Å². The summed E-state index contributed by atoms with van der Waals surface area (Å²) < 4.78 is 1.11. The fourth-order valence-electron chi connectivity index (χ4n) is 2.25. The van der Waals surface area contributed by atoms with E-state index >= 15 is 0 Å². The first-order chi connectivity index (χ1) is 10.3. The highest BCUT2D eigenvalue weighted by atomic mass is 79.9.